The first-order chi connectivity index (χ1) is 11.2. The third kappa shape index (κ3) is 2.81. The van der Waals surface area contributed by atoms with Gasteiger partial charge in [-0.05, 0) is 26.0 Å². The van der Waals surface area contributed by atoms with E-state index in [0.29, 0.717) is 27.6 Å². The van der Waals surface area contributed by atoms with Crippen molar-refractivity contribution in [2.24, 2.45) is 0 Å². The van der Waals surface area contributed by atoms with Gasteiger partial charge in [0.2, 0.25) is 0 Å². The molecule has 0 bridgehead atoms. The van der Waals surface area contributed by atoms with E-state index in [1.165, 1.54) is 6.07 Å². The average molecular weight is 363 g/mol. The molecule has 0 spiro atoms. The van der Waals surface area contributed by atoms with E-state index in [1.807, 2.05) is 0 Å². The van der Waals surface area contributed by atoms with Crippen molar-refractivity contribution in [1.82, 2.24) is 9.99 Å². The van der Waals surface area contributed by atoms with Crippen molar-refractivity contribution in [2.45, 2.75) is 19.0 Å². The number of hydrogen-bond donors (Lipinski definition) is 1. The SMILES string of the molecule is CC1=C(C)C(=O)N(Nc2cc(C(F)(P)P)c3ccccc3n2)C1=O. The van der Waals surface area contributed by atoms with Gasteiger partial charge in [-0.1, -0.05) is 36.7 Å². The van der Waals surface area contributed by atoms with Crippen LogP contribution in [0.15, 0.2) is 41.5 Å². The summed E-state index contributed by atoms with van der Waals surface area (Å²) in [7, 11) is 4.23. The third-order valence-electron chi connectivity index (χ3n) is 3.97. The number of aromatic nitrogens is 1. The smallest absolute Gasteiger partial charge is 0.271 e. The molecule has 2 aromatic rings. The van der Waals surface area contributed by atoms with Crippen LogP contribution in [0.4, 0.5) is 10.2 Å². The van der Waals surface area contributed by atoms with Crippen molar-refractivity contribution >= 4 is 47.0 Å². The molecule has 1 aliphatic rings. The van der Waals surface area contributed by atoms with Gasteiger partial charge in [0.1, 0.15) is 5.82 Å². The summed E-state index contributed by atoms with van der Waals surface area (Å²) in [6, 6.07) is 8.59. The van der Waals surface area contributed by atoms with Crippen LogP contribution in [0.2, 0.25) is 0 Å². The zero-order chi connectivity index (χ0) is 17.6. The van der Waals surface area contributed by atoms with Crippen LogP contribution < -0.4 is 5.43 Å². The number of anilines is 1. The first kappa shape index (κ1) is 16.9. The van der Waals surface area contributed by atoms with E-state index < -0.39 is 17.0 Å². The van der Waals surface area contributed by atoms with Crippen LogP contribution in [0, 0.1) is 0 Å². The van der Waals surface area contributed by atoms with Crippen LogP contribution in [0.1, 0.15) is 19.4 Å². The minimum absolute atomic E-state index is 0.222. The molecule has 0 saturated heterocycles. The average Bonchev–Trinajstić information content (AvgIpc) is 2.71. The lowest BCUT2D eigenvalue weighted by molar-refractivity contribution is -0.135. The second-order valence-corrected chi connectivity index (χ2v) is 7.99. The molecule has 2 unspecified atom stereocenters. The fraction of sp³-hybridized carbons (Fsp3) is 0.188. The second-order valence-electron chi connectivity index (χ2n) is 5.65. The summed E-state index contributed by atoms with van der Waals surface area (Å²) in [5, 5.41) is -0.209. The molecule has 24 heavy (non-hydrogen) atoms. The van der Waals surface area contributed by atoms with Gasteiger partial charge in [0.05, 0.1) is 5.52 Å². The number of pyridine rings is 1. The van der Waals surface area contributed by atoms with E-state index >= 15 is 0 Å². The normalized spacial score (nSPS) is 15.6. The lowest BCUT2D eigenvalue weighted by atomic mass is 10.1. The molecular weight excluding hydrogens is 347 g/mol. The Morgan fingerprint density at radius 2 is 1.71 bits per heavy atom. The van der Waals surface area contributed by atoms with Gasteiger partial charge in [-0.3, -0.25) is 15.0 Å². The molecule has 0 saturated carbocycles. The predicted molar refractivity (Wildman–Crippen MR) is 97.8 cm³/mol. The molecule has 1 aliphatic heterocycles. The zero-order valence-corrected chi connectivity index (χ0v) is 15.4. The van der Waals surface area contributed by atoms with Crippen LogP contribution in [-0.4, -0.2) is 21.8 Å². The summed E-state index contributed by atoms with van der Waals surface area (Å²) in [5.41, 5.74) is 4.39. The van der Waals surface area contributed by atoms with Gasteiger partial charge >= 0.3 is 0 Å². The van der Waals surface area contributed by atoms with Crippen molar-refractivity contribution in [3.8, 4) is 0 Å². The Morgan fingerprint density at radius 3 is 2.29 bits per heavy atom. The Hall–Kier alpha value is -1.90. The number of amides is 2. The first-order valence-electron chi connectivity index (χ1n) is 7.20. The number of hydrazine groups is 1. The number of halogens is 1. The molecule has 2 amide bonds. The molecule has 2 heterocycles. The molecule has 124 valence electrons. The maximum Gasteiger partial charge on any atom is 0.275 e. The van der Waals surface area contributed by atoms with Crippen molar-refractivity contribution in [2.75, 3.05) is 5.43 Å². The number of carbonyl (C=O) groups excluding carboxylic acids is 2. The molecule has 2 atom stereocenters. The molecule has 0 fully saturated rings. The number of imide groups is 1. The highest BCUT2D eigenvalue weighted by Crippen LogP contribution is 2.43. The van der Waals surface area contributed by atoms with Gasteiger partial charge in [0.25, 0.3) is 11.8 Å². The lowest BCUT2D eigenvalue weighted by Gasteiger charge is -2.21. The van der Waals surface area contributed by atoms with Gasteiger partial charge in [-0.2, -0.15) is 5.01 Å². The number of alkyl halides is 1. The maximum atomic E-state index is 14.5. The van der Waals surface area contributed by atoms with Gasteiger partial charge in [-0.15, -0.1) is 0 Å². The zero-order valence-electron chi connectivity index (χ0n) is 13.1. The highest BCUT2D eigenvalue weighted by Gasteiger charge is 2.34. The van der Waals surface area contributed by atoms with Crippen LogP contribution in [0.25, 0.3) is 10.9 Å². The van der Waals surface area contributed by atoms with Crippen LogP contribution in [-0.2, 0) is 14.7 Å². The highest BCUT2D eigenvalue weighted by molar-refractivity contribution is 7.38. The van der Waals surface area contributed by atoms with E-state index in [4.69, 9.17) is 0 Å². The van der Waals surface area contributed by atoms with Crippen molar-refractivity contribution < 1.29 is 14.0 Å². The second kappa shape index (κ2) is 5.87. The Morgan fingerprint density at radius 1 is 1.12 bits per heavy atom. The standard InChI is InChI=1S/C16H16FN3O2P2/c1-8-9(2)15(22)20(14(8)21)19-13-7-11(16(17,23)24)10-5-3-4-6-12(10)18-13/h3-7H,23-24H2,1-2H3,(H,18,19). The topological polar surface area (TPSA) is 62.3 Å². The summed E-state index contributed by atoms with van der Waals surface area (Å²) < 4.78 is 14.5. The van der Waals surface area contributed by atoms with Gasteiger partial charge in [-0.25, -0.2) is 9.37 Å². The number of para-hydroxylation sites is 1. The molecule has 3 rings (SSSR count). The van der Waals surface area contributed by atoms with E-state index in [-0.39, 0.29) is 5.82 Å². The monoisotopic (exact) mass is 363 g/mol. The van der Waals surface area contributed by atoms with Gasteiger partial charge in [0, 0.05) is 22.1 Å². The molecule has 1 aromatic carbocycles. The maximum absolute atomic E-state index is 14.5. The summed E-state index contributed by atoms with van der Waals surface area (Å²) in [6.45, 7) is 3.18. The highest BCUT2D eigenvalue weighted by atomic mass is 31.1. The number of nitrogens with zero attached hydrogens (tertiary/aromatic N) is 2. The largest absolute Gasteiger partial charge is 0.275 e. The van der Waals surface area contributed by atoms with Gasteiger partial charge < -0.3 is 0 Å². The molecule has 0 aliphatic carbocycles. The van der Waals surface area contributed by atoms with Crippen molar-refractivity contribution in [1.29, 1.82) is 0 Å². The number of nitrogens with one attached hydrogen (secondary N) is 1. The minimum atomic E-state index is -1.76. The van der Waals surface area contributed by atoms with E-state index in [1.54, 1.807) is 38.1 Å². The number of carbonyl (C=O) groups is 2. The fourth-order valence-corrected chi connectivity index (χ4v) is 2.99. The first-order valence-corrected chi connectivity index (χ1v) is 8.35. The Balaban J connectivity index is 2.06. The number of benzene rings is 1. The van der Waals surface area contributed by atoms with Crippen LogP contribution in [0.3, 0.4) is 0 Å². The summed E-state index contributed by atoms with van der Waals surface area (Å²) in [4.78, 5) is 28.7. The molecule has 1 aromatic heterocycles. The molecule has 1 N–H and O–H groups in total. The fourth-order valence-electron chi connectivity index (χ4n) is 2.51. The molecular formula is C16H16FN3O2P2. The quantitative estimate of drug-likeness (QED) is 0.673. The van der Waals surface area contributed by atoms with Gasteiger partial charge in [0.15, 0.2) is 5.15 Å². The van der Waals surface area contributed by atoms with E-state index in [2.05, 4.69) is 28.9 Å². The summed E-state index contributed by atoms with van der Waals surface area (Å²) in [6.07, 6.45) is 0. The van der Waals surface area contributed by atoms with Crippen LogP contribution >= 0.6 is 18.5 Å². The number of hydrogen-bond acceptors (Lipinski definition) is 4. The lowest BCUT2D eigenvalue weighted by Crippen LogP contribution is -2.37. The molecule has 8 heteroatoms. The summed E-state index contributed by atoms with van der Waals surface area (Å²) >= 11 is 0. The van der Waals surface area contributed by atoms with Crippen molar-refractivity contribution in [3.05, 3.63) is 47.0 Å². The predicted octanol–water partition coefficient (Wildman–Crippen LogP) is 3.10. The Bertz CT molecular complexity index is 882. The van der Waals surface area contributed by atoms with E-state index in [0.717, 1.165) is 5.01 Å². The number of fused-ring (bicyclic) bond motifs is 1. The van der Waals surface area contributed by atoms with Crippen molar-refractivity contribution in [3.63, 3.8) is 0 Å². The summed E-state index contributed by atoms with van der Waals surface area (Å²) in [5.74, 6) is -0.644. The minimum Gasteiger partial charge on any atom is -0.271 e. The van der Waals surface area contributed by atoms with Crippen LogP contribution in [0.5, 0.6) is 0 Å². The Kier molecular flexibility index (Phi) is 4.15. The molecule has 0 radical (unpaired) electrons. The van der Waals surface area contributed by atoms with E-state index in [9.17, 15) is 14.0 Å². The third-order valence-corrected chi connectivity index (χ3v) is 4.59. The Labute approximate surface area is 143 Å². The molecule has 5 nitrogen and oxygen atoms in total. The number of rotatable bonds is 3.